The Morgan fingerprint density at radius 1 is 0.607 bits per heavy atom. The van der Waals surface area contributed by atoms with Gasteiger partial charge in [0.1, 0.15) is 4.83 Å². The van der Waals surface area contributed by atoms with Gasteiger partial charge in [0.15, 0.2) is 5.69 Å². The molecule has 1 aliphatic rings. The Kier molecular flexibility index (Phi) is 6.86. The highest BCUT2D eigenvalue weighted by Crippen LogP contribution is 2.52. The molecule has 0 bridgehead atoms. The van der Waals surface area contributed by atoms with E-state index in [1.54, 1.807) is 11.3 Å². The van der Waals surface area contributed by atoms with E-state index in [1.165, 1.54) is 48.5 Å². The fourth-order valence-corrected chi connectivity index (χ4v) is 10.2. The Balaban J connectivity index is 1.03. The molecule has 0 amide bonds. The molecular formula is C51H32N4S. The molecule has 0 saturated heterocycles. The van der Waals surface area contributed by atoms with Crippen LogP contribution in [0.5, 0.6) is 0 Å². The molecule has 0 radical (unpaired) electrons. The highest BCUT2D eigenvalue weighted by Gasteiger charge is 2.36. The third kappa shape index (κ3) is 4.50. The van der Waals surface area contributed by atoms with E-state index in [9.17, 15) is 5.26 Å². The van der Waals surface area contributed by atoms with Crippen LogP contribution in [-0.2, 0) is 5.41 Å². The van der Waals surface area contributed by atoms with Crippen LogP contribution in [0.4, 0.5) is 22.7 Å². The number of rotatable bonds is 4. The van der Waals surface area contributed by atoms with E-state index < -0.39 is 0 Å². The Morgan fingerprint density at radius 2 is 1.25 bits per heavy atom. The number of para-hydroxylation sites is 3. The van der Waals surface area contributed by atoms with Crippen molar-refractivity contribution in [3.05, 3.63) is 185 Å². The summed E-state index contributed by atoms with van der Waals surface area (Å²) in [5.41, 5.74) is 14.5. The lowest BCUT2D eigenvalue weighted by molar-refractivity contribution is 0.632. The zero-order valence-electron chi connectivity index (χ0n) is 30.7. The largest absolute Gasteiger partial charge is 0.310 e. The number of nitriles is 1. The maximum absolute atomic E-state index is 10.7. The van der Waals surface area contributed by atoms with Gasteiger partial charge in [0.05, 0.1) is 35.0 Å². The van der Waals surface area contributed by atoms with E-state index in [1.807, 2.05) is 24.3 Å². The van der Waals surface area contributed by atoms with Gasteiger partial charge in [-0.1, -0.05) is 98.8 Å². The van der Waals surface area contributed by atoms with Crippen LogP contribution >= 0.6 is 11.3 Å². The van der Waals surface area contributed by atoms with Gasteiger partial charge >= 0.3 is 0 Å². The fourth-order valence-electron chi connectivity index (χ4n) is 9.26. The number of aromatic nitrogens is 1. The van der Waals surface area contributed by atoms with Crippen molar-refractivity contribution < 1.29 is 0 Å². The van der Waals surface area contributed by atoms with Crippen LogP contribution in [0.1, 0.15) is 30.5 Å². The predicted molar refractivity (Wildman–Crippen MR) is 233 cm³/mol. The van der Waals surface area contributed by atoms with E-state index in [0.29, 0.717) is 16.8 Å². The minimum Gasteiger partial charge on any atom is -0.310 e. The van der Waals surface area contributed by atoms with Crippen LogP contribution in [0.15, 0.2) is 157 Å². The van der Waals surface area contributed by atoms with Gasteiger partial charge < -0.3 is 4.90 Å². The van der Waals surface area contributed by atoms with Crippen LogP contribution in [0, 0.1) is 17.9 Å². The quantitative estimate of drug-likeness (QED) is 0.169. The maximum Gasteiger partial charge on any atom is 0.196 e. The lowest BCUT2D eigenvalue weighted by Crippen LogP contribution is -2.30. The number of fused-ring (bicyclic) bond motifs is 8. The summed E-state index contributed by atoms with van der Waals surface area (Å²) in [6.07, 6.45) is 0. The molecule has 3 aromatic heterocycles. The molecule has 7 aromatic carbocycles. The average Bonchev–Trinajstić information content (AvgIpc) is 3.94. The molecule has 0 N–H and O–H groups in total. The Morgan fingerprint density at radius 3 is 1.98 bits per heavy atom. The molecule has 5 heteroatoms. The molecule has 0 fully saturated rings. The van der Waals surface area contributed by atoms with Crippen LogP contribution in [0.25, 0.3) is 75.6 Å². The maximum atomic E-state index is 10.7. The van der Waals surface area contributed by atoms with Crippen LogP contribution < -0.4 is 4.90 Å². The lowest BCUT2D eigenvalue weighted by Gasteiger charge is -2.42. The molecule has 262 valence electrons. The first-order chi connectivity index (χ1) is 27.4. The van der Waals surface area contributed by atoms with Crippen molar-refractivity contribution in [3.63, 3.8) is 0 Å². The number of anilines is 3. The van der Waals surface area contributed by atoms with Crippen LogP contribution in [0.2, 0.25) is 0 Å². The zero-order valence-corrected chi connectivity index (χ0v) is 31.5. The van der Waals surface area contributed by atoms with Gasteiger partial charge in [0.2, 0.25) is 0 Å². The normalized spacial score (nSPS) is 13.2. The zero-order chi connectivity index (χ0) is 37.7. The third-order valence-electron chi connectivity index (χ3n) is 11.8. The van der Waals surface area contributed by atoms with E-state index in [4.69, 9.17) is 6.57 Å². The second kappa shape index (κ2) is 11.9. The van der Waals surface area contributed by atoms with Gasteiger partial charge in [0, 0.05) is 43.8 Å². The van der Waals surface area contributed by atoms with E-state index in [2.05, 4.69) is 167 Å². The molecule has 0 spiro atoms. The smallest absolute Gasteiger partial charge is 0.196 e. The fraction of sp³-hybridized carbons (Fsp3) is 0.0588. The summed E-state index contributed by atoms with van der Waals surface area (Å²) in [5.74, 6) is 0. The number of nitrogens with zero attached hydrogens (tertiary/aromatic N) is 4. The molecule has 0 aliphatic carbocycles. The first-order valence-corrected chi connectivity index (χ1v) is 19.6. The topological polar surface area (TPSA) is 35.8 Å². The average molecular weight is 733 g/mol. The standard InChI is InChI=1S/C51H32N4S/c1-51(2)42-17-5-8-20-46(42)54(47-21-9-6-18-43(47)51)37-15-11-14-33(26-37)48-36(30-52)25-34(29-44(48)53-3)31-12-10-13-32(24-31)35-27-40-38-16-4-7-19-45(38)55-49(40)41(28-35)39-22-23-56-50(39)55/h4-29H,1-2H3. The molecule has 1 aliphatic heterocycles. The highest BCUT2D eigenvalue weighted by atomic mass is 32.1. The highest BCUT2D eigenvalue weighted by molar-refractivity contribution is 7.17. The van der Waals surface area contributed by atoms with Crippen molar-refractivity contribution in [1.82, 2.24) is 4.40 Å². The summed E-state index contributed by atoms with van der Waals surface area (Å²) in [6.45, 7) is 12.9. The summed E-state index contributed by atoms with van der Waals surface area (Å²) in [4.78, 5) is 7.62. The first kappa shape index (κ1) is 32.3. The number of benzene rings is 7. The predicted octanol–water partition coefficient (Wildman–Crippen LogP) is 14.4. The minimum atomic E-state index is -0.169. The number of hydrogen-bond acceptors (Lipinski definition) is 3. The van der Waals surface area contributed by atoms with E-state index in [-0.39, 0.29) is 5.41 Å². The van der Waals surface area contributed by atoms with Crippen LogP contribution in [-0.4, -0.2) is 4.40 Å². The van der Waals surface area contributed by atoms with Crippen molar-refractivity contribution >= 4 is 71.5 Å². The summed E-state index contributed by atoms with van der Waals surface area (Å²) in [6, 6.07) is 55.8. The van der Waals surface area contributed by atoms with E-state index in [0.717, 1.165) is 44.9 Å². The number of hydrogen-bond donors (Lipinski definition) is 0. The second-order valence-corrected chi connectivity index (χ2v) is 16.1. The molecule has 0 unspecified atom stereocenters. The molecular weight excluding hydrogens is 701 g/mol. The molecule has 4 heterocycles. The monoisotopic (exact) mass is 732 g/mol. The Bertz CT molecular complexity index is 3240. The third-order valence-corrected chi connectivity index (χ3v) is 12.7. The summed E-state index contributed by atoms with van der Waals surface area (Å²) in [5, 5.41) is 17.9. The minimum absolute atomic E-state index is 0.169. The van der Waals surface area contributed by atoms with E-state index >= 15 is 0 Å². The Labute approximate surface area is 328 Å². The second-order valence-electron chi connectivity index (χ2n) is 15.2. The van der Waals surface area contributed by atoms with Crippen molar-refractivity contribution in [2.45, 2.75) is 19.3 Å². The SMILES string of the molecule is [C-]#[N+]c1cc(-c2cccc(-c3cc4c5ccccc5n5c6sccc6c(c3)c45)c2)cc(C#N)c1-c1cccc(N2c3ccccc3C(C)(C)c3ccccc32)c1. The van der Waals surface area contributed by atoms with Gasteiger partial charge in [-0.2, -0.15) is 5.26 Å². The molecule has 0 saturated carbocycles. The molecule has 0 atom stereocenters. The summed E-state index contributed by atoms with van der Waals surface area (Å²) < 4.78 is 2.41. The molecule has 10 aromatic rings. The molecule has 4 nitrogen and oxygen atoms in total. The first-order valence-electron chi connectivity index (χ1n) is 18.8. The Hall–Kier alpha value is -7.18. The van der Waals surface area contributed by atoms with Crippen molar-refractivity contribution in [3.8, 4) is 39.4 Å². The van der Waals surface area contributed by atoms with Crippen LogP contribution in [0.3, 0.4) is 0 Å². The summed E-state index contributed by atoms with van der Waals surface area (Å²) in [7, 11) is 0. The van der Waals surface area contributed by atoms with Gasteiger partial charge in [-0.05, 0) is 111 Å². The van der Waals surface area contributed by atoms with Gasteiger partial charge in [0.25, 0.3) is 0 Å². The van der Waals surface area contributed by atoms with Gasteiger partial charge in [-0.3, -0.25) is 4.40 Å². The van der Waals surface area contributed by atoms with Gasteiger partial charge in [-0.25, -0.2) is 4.85 Å². The molecule has 11 rings (SSSR count). The lowest BCUT2D eigenvalue weighted by atomic mass is 9.73. The summed E-state index contributed by atoms with van der Waals surface area (Å²) >= 11 is 1.78. The number of thiophene rings is 1. The molecule has 56 heavy (non-hydrogen) atoms. The van der Waals surface area contributed by atoms with Crippen molar-refractivity contribution in [2.24, 2.45) is 0 Å². The van der Waals surface area contributed by atoms with Gasteiger partial charge in [-0.15, -0.1) is 11.3 Å². The van der Waals surface area contributed by atoms with Crippen molar-refractivity contribution in [2.75, 3.05) is 4.90 Å². The van der Waals surface area contributed by atoms with Crippen molar-refractivity contribution in [1.29, 1.82) is 5.26 Å².